The van der Waals surface area contributed by atoms with E-state index in [9.17, 15) is 4.79 Å². The van der Waals surface area contributed by atoms with Crippen LogP contribution in [0.1, 0.15) is 37.8 Å². The number of hydrogen-bond donors (Lipinski definition) is 1. The summed E-state index contributed by atoms with van der Waals surface area (Å²) in [6.45, 7) is 4.85. The van der Waals surface area contributed by atoms with E-state index >= 15 is 0 Å². The highest BCUT2D eigenvalue weighted by molar-refractivity contribution is 5.75. The lowest BCUT2D eigenvalue weighted by molar-refractivity contribution is -0.121. The molecule has 1 saturated heterocycles. The van der Waals surface area contributed by atoms with E-state index in [1.165, 1.54) is 24.1 Å². The number of carbonyl (C=O) groups is 1. The molecule has 1 aromatic carbocycles. The van der Waals surface area contributed by atoms with E-state index in [0.717, 1.165) is 13.1 Å². The van der Waals surface area contributed by atoms with Crippen LogP contribution in [0.4, 0.5) is 5.69 Å². The van der Waals surface area contributed by atoms with Crippen molar-refractivity contribution in [2.75, 3.05) is 38.6 Å². The number of anilines is 1. The highest BCUT2D eigenvalue weighted by Gasteiger charge is 2.23. The van der Waals surface area contributed by atoms with Crippen molar-refractivity contribution in [1.29, 1.82) is 0 Å². The van der Waals surface area contributed by atoms with Crippen molar-refractivity contribution in [3.63, 3.8) is 0 Å². The van der Waals surface area contributed by atoms with Crippen molar-refractivity contribution in [3.05, 3.63) is 29.8 Å². The number of rotatable bonds is 6. The molecule has 4 heteroatoms. The molecule has 2 rings (SSSR count). The van der Waals surface area contributed by atoms with Gasteiger partial charge >= 0.3 is 0 Å². The Morgan fingerprint density at radius 2 is 1.86 bits per heavy atom. The van der Waals surface area contributed by atoms with Gasteiger partial charge in [0.2, 0.25) is 5.91 Å². The molecule has 1 fully saturated rings. The first-order valence-corrected chi connectivity index (χ1v) is 7.90. The first-order valence-electron chi connectivity index (χ1n) is 7.90. The number of carbonyl (C=O) groups excluding carboxylic acids is 1. The first kappa shape index (κ1) is 15.8. The van der Waals surface area contributed by atoms with Crippen LogP contribution >= 0.6 is 0 Å². The molecule has 1 aromatic rings. The summed E-state index contributed by atoms with van der Waals surface area (Å²) in [6, 6.07) is 8.98. The summed E-state index contributed by atoms with van der Waals surface area (Å²) in [4.78, 5) is 16.2. The van der Waals surface area contributed by atoms with Crippen molar-refractivity contribution >= 4 is 11.6 Å². The normalized spacial score (nSPS) is 16.7. The Morgan fingerprint density at radius 3 is 2.38 bits per heavy atom. The average Bonchev–Trinajstić information content (AvgIpc) is 3.01. The quantitative estimate of drug-likeness (QED) is 0.873. The van der Waals surface area contributed by atoms with E-state index in [2.05, 4.69) is 53.5 Å². The van der Waals surface area contributed by atoms with Crippen LogP contribution in [-0.4, -0.2) is 44.5 Å². The van der Waals surface area contributed by atoms with Gasteiger partial charge in [-0.2, -0.15) is 0 Å². The third-order valence-electron chi connectivity index (χ3n) is 4.19. The Morgan fingerprint density at radius 1 is 1.24 bits per heavy atom. The average molecular weight is 289 g/mol. The summed E-state index contributed by atoms with van der Waals surface area (Å²) in [5, 5.41) is 3.05. The minimum atomic E-state index is 0.129. The van der Waals surface area contributed by atoms with Crippen molar-refractivity contribution in [3.8, 4) is 0 Å². The molecule has 1 heterocycles. The second-order valence-corrected chi connectivity index (χ2v) is 5.90. The fourth-order valence-corrected chi connectivity index (χ4v) is 2.84. The van der Waals surface area contributed by atoms with Crippen LogP contribution in [0.2, 0.25) is 0 Å². The van der Waals surface area contributed by atoms with Gasteiger partial charge in [0, 0.05) is 32.7 Å². The van der Waals surface area contributed by atoms with Crippen LogP contribution < -0.4 is 10.2 Å². The van der Waals surface area contributed by atoms with Crippen LogP contribution in [0.25, 0.3) is 0 Å². The SMILES string of the molecule is CCC(=O)NC[C@@H](c1ccc(N(C)C)cc1)N1CCCC1. The second-order valence-electron chi connectivity index (χ2n) is 5.90. The minimum Gasteiger partial charge on any atom is -0.378 e. The van der Waals surface area contributed by atoms with Crippen LogP contribution in [0.15, 0.2) is 24.3 Å². The number of amides is 1. The van der Waals surface area contributed by atoms with E-state index in [1.54, 1.807) is 0 Å². The van der Waals surface area contributed by atoms with Crippen LogP contribution in [0, 0.1) is 0 Å². The van der Waals surface area contributed by atoms with E-state index < -0.39 is 0 Å². The highest BCUT2D eigenvalue weighted by Crippen LogP contribution is 2.26. The van der Waals surface area contributed by atoms with Crippen LogP contribution in [0.5, 0.6) is 0 Å². The summed E-state index contributed by atoms with van der Waals surface area (Å²) < 4.78 is 0. The van der Waals surface area contributed by atoms with Crippen LogP contribution in [0.3, 0.4) is 0 Å². The zero-order chi connectivity index (χ0) is 15.2. The monoisotopic (exact) mass is 289 g/mol. The van der Waals surface area contributed by atoms with Gasteiger partial charge < -0.3 is 10.2 Å². The predicted molar refractivity (Wildman–Crippen MR) is 87.6 cm³/mol. The molecule has 0 saturated carbocycles. The Labute approximate surface area is 128 Å². The molecule has 1 aliphatic heterocycles. The van der Waals surface area contributed by atoms with Crippen molar-refractivity contribution in [1.82, 2.24) is 10.2 Å². The maximum atomic E-state index is 11.6. The van der Waals surface area contributed by atoms with E-state index in [4.69, 9.17) is 0 Å². The van der Waals surface area contributed by atoms with Crippen molar-refractivity contribution in [2.24, 2.45) is 0 Å². The Kier molecular flexibility index (Phi) is 5.62. The molecule has 4 nitrogen and oxygen atoms in total. The molecule has 1 aliphatic rings. The summed E-state index contributed by atoms with van der Waals surface area (Å²) in [5.74, 6) is 0.129. The molecule has 1 N–H and O–H groups in total. The minimum absolute atomic E-state index is 0.129. The van der Waals surface area contributed by atoms with Gasteiger partial charge in [-0.05, 0) is 43.6 Å². The lowest BCUT2D eigenvalue weighted by Crippen LogP contribution is -2.36. The molecular formula is C17H27N3O. The molecular weight excluding hydrogens is 262 g/mol. The number of benzene rings is 1. The molecule has 0 spiro atoms. The molecule has 0 bridgehead atoms. The second kappa shape index (κ2) is 7.46. The smallest absolute Gasteiger partial charge is 0.219 e. The first-order chi connectivity index (χ1) is 10.1. The van der Waals surface area contributed by atoms with Gasteiger partial charge in [0.25, 0.3) is 0 Å². The van der Waals surface area contributed by atoms with E-state index in [1.807, 2.05) is 6.92 Å². The zero-order valence-corrected chi connectivity index (χ0v) is 13.4. The van der Waals surface area contributed by atoms with Gasteiger partial charge in [-0.1, -0.05) is 19.1 Å². The lowest BCUT2D eigenvalue weighted by atomic mass is 10.0. The van der Waals surface area contributed by atoms with Gasteiger partial charge in [0.05, 0.1) is 6.04 Å². The third kappa shape index (κ3) is 4.21. The number of likely N-dealkylation sites (tertiary alicyclic amines) is 1. The fraction of sp³-hybridized carbons (Fsp3) is 0.588. The van der Waals surface area contributed by atoms with Crippen molar-refractivity contribution in [2.45, 2.75) is 32.2 Å². The van der Waals surface area contributed by atoms with Gasteiger partial charge in [-0.3, -0.25) is 9.69 Å². The van der Waals surface area contributed by atoms with Crippen LogP contribution in [-0.2, 0) is 4.79 Å². The molecule has 21 heavy (non-hydrogen) atoms. The topological polar surface area (TPSA) is 35.6 Å². The Bertz CT molecular complexity index is 450. The molecule has 0 aromatic heterocycles. The van der Waals surface area contributed by atoms with E-state index in [0.29, 0.717) is 19.0 Å². The van der Waals surface area contributed by atoms with Gasteiger partial charge in [0.15, 0.2) is 0 Å². The maximum absolute atomic E-state index is 11.6. The van der Waals surface area contributed by atoms with Gasteiger partial charge in [0.1, 0.15) is 0 Å². The molecule has 0 radical (unpaired) electrons. The third-order valence-corrected chi connectivity index (χ3v) is 4.19. The summed E-state index contributed by atoms with van der Waals surface area (Å²) in [6.07, 6.45) is 3.06. The Hall–Kier alpha value is -1.55. The van der Waals surface area contributed by atoms with E-state index in [-0.39, 0.29) is 5.91 Å². The number of hydrogen-bond acceptors (Lipinski definition) is 3. The summed E-state index contributed by atoms with van der Waals surface area (Å²) >= 11 is 0. The predicted octanol–water partition coefficient (Wildman–Crippen LogP) is 2.42. The molecule has 0 aliphatic carbocycles. The number of nitrogens with zero attached hydrogens (tertiary/aromatic N) is 2. The molecule has 116 valence electrons. The molecule has 1 atom stereocenters. The lowest BCUT2D eigenvalue weighted by Gasteiger charge is -2.28. The maximum Gasteiger partial charge on any atom is 0.219 e. The largest absolute Gasteiger partial charge is 0.378 e. The standard InChI is InChI=1S/C17H27N3O/c1-4-17(21)18-13-16(20-11-5-6-12-20)14-7-9-15(10-8-14)19(2)3/h7-10,16H,4-6,11-13H2,1-3H3,(H,18,21)/t16-/m0/s1. The molecule has 1 amide bonds. The summed E-state index contributed by atoms with van der Waals surface area (Å²) in [5.41, 5.74) is 2.50. The zero-order valence-electron chi connectivity index (χ0n) is 13.4. The Balaban J connectivity index is 2.11. The summed E-state index contributed by atoms with van der Waals surface area (Å²) in [7, 11) is 4.10. The number of nitrogens with one attached hydrogen (secondary N) is 1. The molecule has 0 unspecified atom stereocenters. The van der Waals surface area contributed by atoms with Crippen molar-refractivity contribution < 1.29 is 4.79 Å². The fourth-order valence-electron chi connectivity index (χ4n) is 2.84. The highest BCUT2D eigenvalue weighted by atomic mass is 16.1. The van der Waals surface area contributed by atoms with Gasteiger partial charge in [-0.25, -0.2) is 0 Å². The van der Waals surface area contributed by atoms with Gasteiger partial charge in [-0.15, -0.1) is 0 Å².